The lowest BCUT2D eigenvalue weighted by molar-refractivity contribution is -0.122. The molecule has 0 atom stereocenters. The number of hydrogen-bond donors (Lipinski definition) is 2. The lowest BCUT2D eigenvalue weighted by Gasteiger charge is -2.24. The maximum Gasteiger partial charge on any atom is 0.220 e. The molecule has 0 aromatic carbocycles. The highest BCUT2D eigenvalue weighted by Crippen LogP contribution is 2.28. The third kappa shape index (κ3) is 2.40. The van der Waals surface area contributed by atoms with E-state index < -0.39 is 0 Å². The van der Waals surface area contributed by atoms with E-state index in [9.17, 15) is 4.79 Å². The summed E-state index contributed by atoms with van der Waals surface area (Å²) in [6, 6.07) is 0. The Kier molecular flexibility index (Phi) is 3.24. The standard InChI is InChI=1S/C8H15NOS/c9-8(10)7-3-1-6(5-11)2-4-7/h6-7,11H,1-5H2,(H2,9,10). The first kappa shape index (κ1) is 8.91. The van der Waals surface area contributed by atoms with E-state index in [4.69, 9.17) is 5.73 Å². The largest absolute Gasteiger partial charge is 0.369 e. The molecule has 1 amide bonds. The molecule has 2 nitrogen and oxygen atoms in total. The van der Waals surface area contributed by atoms with Crippen LogP contribution in [0, 0.1) is 11.8 Å². The molecule has 0 aliphatic heterocycles. The van der Waals surface area contributed by atoms with Gasteiger partial charge in [-0.25, -0.2) is 0 Å². The molecule has 0 spiro atoms. The predicted molar refractivity (Wildman–Crippen MR) is 48.5 cm³/mol. The van der Waals surface area contributed by atoms with Gasteiger partial charge >= 0.3 is 0 Å². The molecule has 0 bridgehead atoms. The Labute approximate surface area is 72.9 Å². The molecular weight excluding hydrogens is 158 g/mol. The maximum absolute atomic E-state index is 10.8. The molecule has 11 heavy (non-hydrogen) atoms. The number of primary amides is 1. The number of carbonyl (C=O) groups excluding carboxylic acids is 1. The van der Waals surface area contributed by atoms with Crippen LogP contribution >= 0.6 is 12.6 Å². The molecule has 2 N–H and O–H groups in total. The van der Waals surface area contributed by atoms with Crippen molar-refractivity contribution in [3.8, 4) is 0 Å². The van der Waals surface area contributed by atoms with E-state index in [0.717, 1.165) is 31.4 Å². The van der Waals surface area contributed by atoms with Crippen LogP contribution in [0.15, 0.2) is 0 Å². The van der Waals surface area contributed by atoms with E-state index in [1.807, 2.05) is 0 Å². The monoisotopic (exact) mass is 173 g/mol. The number of nitrogens with two attached hydrogens (primary N) is 1. The normalized spacial score (nSPS) is 31.7. The van der Waals surface area contributed by atoms with Gasteiger partial charge < -0.3 is 5.73 Å². The fraction of sp³-hybridized carbons (Fsp3) is 0.875. The summed E-state index contributed by atoms with van der Waals surface area (Å²) in [6.45, 7) is 0. The Morgan fingerprint density at radius 2 is 1.91 bits per heavy atom. The third-order valence-electron chi connectivity index (χ3n) is 2.51. The molecule has 0 radical (unpaired) electrons. The first-order valence-electron chi connectivity index (χ1n) is 4.14. The molecule has 0 aromatic heterocycles. The summed E-state index contributed by atoms with van der Waals surface area (Å²) < 4.78 is 0. The molecular formula is C8H15NOS. The highest BCUT2D eigenvalue weighted by molar-refractivity contribution is 7.80. The summed E-state index contributed by atoms with van der Waals surface area (Å²) in [5.41, 5.74) is 5.20. The quantitative estimate of drug-likeness (QED) is 0.606. The fourth-order valence-electron chi connectivity index (χ4n) is 1.63. The smallest absolute Gasteiger partial charge is 0.220 e. The molecule has 0 aromatic rings. The summed E-state index contributed by atoms with van der Waals surface area (Å²) in [5, 5.41) is 0. The second-order valence-corrected chi connectivity index (χ2v) is 3.67. The van der Waals surface area contributed by atoms with Crippen molar-refractivity contribution in [3.63, 3.8) is 0 Å². The molecule has 3 heteroatoms. The van der Waals surface area contributed by atoms with E-state index in [0.29, 0.717) is 5.92 Å². The SMILES string of the molecule is NC(=O)C1CCC(CS)CC1. The Morgan fingerprint density at radius 1 is 1.36 bits per heavy atom. The minimum atomic E-state index is -0.123. The van der Waals surface area contributed by atoms with Gasteiger partial charge in [0.15, 0.2) is 0 Å². The molecule has 1 aliphatic rings. The summed E-state index contributed by atoms with van der Waals surface area (Å²) in [4.78, 5) is 10.8. The zero-order chi connectivity index (χ0) is 8.27. The second-order valence-electron chi connectivity index (χ2n) is 3.30. The zero-order valence-electron chi connectivity index (χ0n) is 6.62. The van der Waals surface area contributed by atoms with Crippen molar-refractivity contribution in [2.75, 3.05) is 5.75 Å². The Hall–Kier alpha value is -0.180. The van der Waals surface area contributed by atoms with E-state index in [2.05, 4.69) is 12.6 Å². The van der Waals surface area contributed by atoms with Gasteiger partial charge in [-0.2, -0.15) is 12.6 Å². The van der Waals surface area contributed by atoms with Crippen LogP contribution in [0.3, 0.4) is 0 Å². The number of thiol groups is 1. The Balaban J connectivity index is 2.30. The lowest BCUT2D eigenvalue weighted by atomic mass is 9.83. The minimum Gasteiger partial charge on any atom is -0.369 e. The zero-order valence-corrected chi connectivity index (χ0v) is 7.52. The molecule has 1 saturated carbocycles. The third-order valence-corrected chi connectivity index (χ3v) is 3.02. The van der Waals surface area contributed by atoms with E-state index >= 15 is 0 Å². The highest BCUT2D eigenvalue weighted by Gasteiger charge is 2.23. The van der Waals surface area contributed by atoms with Crippen LogP contribution in [0.5, 0.6) is 0 Å². The fourth-order valence-corrected chi connectivity index (χ4v) is 1.99. The van der Waals surface area contributed by atoms with Crippen LogP contribution in [-0.4, -0.2) is 11.7 Å². The van der Waals surface area contributed by atoms with Gasteiger partial charge in [0.25, 0.3) is 0 Å². The van der Waals surface area contributed by atoms with Crippen LogP contribution in [0.2, 0.25) is 0 Å². The molecule has 0 heterocycles. The van der Waals surface area contributed by atoms with Gasteiger partial charge in [-0.3, -0.25) is 4.79 Å². The van der Waals surface area contributed by atoms with Crippen LogP contribution in [0.1, 0.15) is 25.7 Å². The molecule has 64 valence electrons. The highest BCUT2D eigenvalue weighted by atomic mass is 32.1. The van der Waals surface area contributed by atoms with E-state index in [-0.39, 0.29) is 11.8 Å². The van der Waals surface area contributed by atoms with Gasteiger partial charge in [-0.15, -0.1) is 0 Å². The Bertz CT molecular complexity index is 141. The van der Waals surface area contributed by atoms with Crippen LogP contribution in [0.4, 0.5) is 0 Å². The van der Waals surface area contributed by atoms with Gasteiger partial charge in [-0.05, 0) is 37.4 Å². The number of amides is 1. The van der Waals surface area contributed by atoms with Crippen molar-refractivity contribution < 1.29 is 4.79 Å². The maximum atomic E-state index is 10.8. The van der Waals surface area contributed by atoms with Crippen molar-refractivity contribution in [2.45, 2.75) is 25.7 Å². The second kappa shape index (κ2) is 4.00. The van der Waals surface area contributed by atoms with Crippen LogP contribution in [0.25, 0.3) is 0 Å². The number of hydrogen-bond acceptors (Lipinski definition) is 2. The molecule has 0 saturated heterocycles. The topological polar surface area (TPSA) is 43.1 Å². The van der Waals surface area contributed by atoms with E-state index in [1.165, 1.54) is 0 Å². The summed E-state index contributed by atoms with van der Waals surface area (Å²) in [6.07, 6.45) is 4.19. The van der Waals surface area contributed by atoms with Gasteiger partial charge in [0.1, 0.15) is 0 Å². The van der Waals surface area contributed by atoms with Crippen molar-refractivity contribution in [2.24, 2.45) is 17.6 Å². The lowest BCUT2D eigenvalue weighted by Crippen LogP contribution is -2.27. The van der Waals surface area contributed by atoms with E-state index in [1.54, 1.807) is 0 Å². The van der Waals surface area contributed by atoms with Crippen LogP contribution in [-0.2, 0) is 4.79 Å². The van der Waals surface area contributed by atoms with Crippen molar-refractivity contribution >= 4 is 18.5 Å². The molecule has 1 aliphatic carbocycles. The van der Waals surface area contributed by atoms with Crippen molar-refractivity contribution in [1.29, 1.82) is 0 Å². The van der Waals surface area contributed by atoms with Crippen molar-refractivity contribution in [1.82, 2.24) is 0 Å². The molecule has 1 rings (SSSR count). The molecule has 1 fully saturated rings. The van der Waals surface area contributed by atoms with Gasteiger partial charge in [-0.1, -0.05) is 0 Å². The number of rotatable bonds is 2. The minimum absolute atomic E-state index is 0.123. The predicted octanol–water partition coefficient (Wildman–Crippen LogP) is 1.21. The summed E-state index contributed by atoms with van der Waals surface area (Å²) >= 11 is 4.23. The molecule has 0 unspecified atom stereocenters. The summed E-state index contributed by atoms with van der Waals surface area (Å²) in [5.74, 6) is 1.69. The first-order valence-corrected chi connectivity index (χ1v) is 4.77. The summed E-state index contributed by atoms with van der Waals surface area (Å²) in [7, 11) is 0. The van der Waals surface area contributed by atoms with Gasteiger partial charge in [0.05, 0.1) is 0 Å². The van der Waals surface area contributed by atoms with Gasteiger partial charge in [0.2, 0.25) is 5.91 Å². The van der Waals surface area contributed by atoms with Crippen LogP contribution < -0.4 is 5.73 Å². The first-order chi connectivity index (χ1) is 5.24. The number of carbonyl (C=O) groups is 1. The van der Waals surface area contributed by atoms with Gasteiger partial charge in [0, 0.05) is 5.92 Å². The Morgan fingerprint density at radius 3 is 2.27 bits per heavy atom. The van der Waals surface area contributed by atoms with Crippen molar-refractivity contribution in [3.05, 3.63) is 0 Å². The average molecular weight is 173 g/mol. The average Bonchev–Trinajstić information content (AvgIpc) is 2.05.